The van der Waals surface area contributed by atoms with Crippen LogP contribution in [0.1, 0.15) is 88.5 Å². The van der Waals surface area contributed by atoms with E-state index in [0.717, 1.165) is 6.08 Å². The fraction of sp³-hybridized carbons (Fsp3) is 0.686. The fourth-order valence-corrected chi connectivity index (χ4v) is 4.28. The van der Waals surface area contributed by atoms with Gasteiger partial charge in [-0.25, -0.2) is 9.59 Å². The first kappa shape index (κ1) is 49.2. The quantitative estimate of drug-likeness (QED) is 0.116. The van der Waals surface area contributed by atoms with Gasteiger partial charge < -0.3 is 36.4 Å². The highest BCUT2D eigenvalue weighted by molar-refractivity contribution is 5.90. The van der Waals surface area contributed by atoms with Gasteiger partial charge in [-0.3, -0.25) is 24.0 Å². The molecule has 0 heterocycles. The third-order valence-corrected chi connectivity index (χ3v) is 7.00. The number of rotatable bonds is 18. The molecule has 5 atom stereocenters. The Morgan fingerprint density at radius 2 is 1.02 bits per heavy atom. The van der Waals surface area contributed by atoms with Crippen LogP contribution in [0, 0.1) is 29.6 Å². The molecule has 0 aliphatic rings. The SMILES string of the molecule is C=CC(=O)NC(C(=O)O)C(C)C.C=CC(=O)NC(C)C.CCC(CC(CC(C)C(=O)NC(C(=O)O)C(C)C)C(=O)NC(C)C)C(=O)N(C)C. The Bertz CT molecular complexity index is 1100. The molecule has 6 N–H and O–H groups in total. The maximum atomic E-state index is 12.7. The summed E-state index contributed by atoms with van der Waals surface area (Å²) >= 11 is 0. The molecule has 0 spiro atoms. The van der Waals surface area contributed by atoms with Crippen LogP contribution < -0.4 is 21.3 Å². The van der Waals surface area contributed by atoms with E-state index in [1.54, 1.807) is 48.7 Å². The number of nitrogens with one attached hydrogen (secondary N) is 4. The predicted octanol–water partition coefficient (Wildman–Crippen LogP) is 2.98. The molecular weight excluding hydrogens is 634 g/mol. The summed E-state index contributed by atoms with van der Waals surface area (Å²) in [4.78, 5) is 82.3. The number of carbonyl (C=O) groups excluding carboxylic acids is 5. The Kier molecular flexibility index (Phi) is 25.8. The van der Waals surface area contributed by atoms with E-state index in [1.165, 1.54) is 11.0 Å². The minimum absolute atomic E-state index is 0.0438. The van der Waals surface area contributed by atoms with Crippen LogP contribution in [0.4, 0.5) is 0 Å². The van der Waals surface area contributed by atoms with Crippen LogP contribution in [0.5, 0.6) is 0 Å². The van der Waals surface area contributed by atoms with Gasteiger partial charge in [0, 0.05) is 43.9 Å². The molecule has 0 aromatic carbocycles. The van der Waals surface area contributed by atoms with Crippen LogP contribution in [0.25, 0.3) is 0 Å². The molecule has 0 bridgehead atoms. The van der Waals surface area contributed by atoms with Gasteiger partial charge in [-0.15, -0.1) is 0 Å². The average Bonchev–Trinajstić information content (AvgIpc) is 2.98. The average molecular weight is 698 g/mol. The third kappa shape index (κ3) is 22.9. The zero-order valence-electron chi connectivity index (χ0n) is 31.6. The van der Waals surface area contributed by atoms with Crippen molar-refractivity contribution in [2.24, 2.45) is 29.6 Å². The first-order valence-corrected chi connectivity index (χ1v) is 16.6. The second-order valence-corrected chi connectivity index (χ2v) is 13.3. The highest BCUT2D eigenvalue weighted by Crippen LogP contribution is 2.25. The van der Waals surface area contributed by atoms with E-state index in [4.69, 9.17) is 5.11 Å². The van der Waals surface area contributed by atoms with Gasteiger partial charge in [0.05, 0.1) is 0 Å². The molecule has 0 aromatic heterocycles. The summed E-state index contributed by atoms with van der Waals surface area (Å²) in [5.41, 5.74) is 0. The number of carboxylic acid groups (broad SMARTS) is 2. The molecule has 0 aliphatic heterocycles. The van der Waals surface area contributed by atoms with Crippen molar-refractivity contribution in [3.05, 3.63) is 25.3 Å². The summed E-state index contributed by atoms with van der Waals surface area (Å²) in [6, 6.07) is -1.67. The topological polar surface area (TPSA) is 211 Å². The number of carboxylic acids is 2. The number of carbonyl (C=O) groups is 7. The van der Waals surface area contributed by atoms with Gasteiger partial charge in [0.15, 0.2) is 0 Å². The second-order valence-electron chi connectivity index (χ2n) is 13.3. The van der Waals surface area contributed by atoms with Gasteiger partial charge in [0.1, 0.15) is 12.1 Å². The van der Waals surface area contributed by atoms with E-state index in [1.807, 2.05) is 34.6 Å². The summed E-state index contributed by atoms with van der Waals surface area (Å²) in [5.74, 6) is -5.11. The van der Waals surface area contributed by atoms with E-state index in [-0.39, 0.29) is 54.0 Å². The van der Waals surface area contributed by atoms with Crippen molar-refractivity contribution in [1.29, 1.82) is 0 Å². The summed E-state index contributed by atoms with van der Waals surface area (Å²) in [6.07, 6.45) is 3.50. The lowest BCUT2D eigenvalue weighted by atomic mass is 9.84. The number of hydrogen-bond acceptors (Lipinski definition) is 7. The predicted molar refractivity (Wildman–Crippen MR) is 190 cm³/mol. The van der Waals surface area contributed by atoms with Gasteiger partial charge in [-0.05, 0) is 70.9 Å². The van der Waals surface area contributed by atoms with E-state index >= 15 is 0 Å². The van der Waals surface area contributed by atoms with Crippen molar-refractivity contribution in [2.45, 2.75) is 113 Å². The first-order valence-electron chi connectivity index (χ1n) is 16.6. The Hall–Kier alpha value is -4.23. The largest absolute Gasteiger partial charge is 0.480 e. The summed E-state index contributed by atoms with van der Waals surface area (Å²) < 4.78 is 0. The molecule has 0 radical (unpaired) electrons. The van der Waals surface area contributed by atoms with Crippen LogP contribution in [0.2, 0.25) is 0 Å². The number of nitrogens with zero attached hydrogens (tertiary/aromatic N) is 1. The standard InChI is InChI=1S/C21H39N3O5.C8H13NO3.C6H11NO/c1-9-15(20(27)24(7)8)11-16(19(26)22-13(4)5)10-14(6)18(25)23-17(12(2)3)21(28)29;1-4-6(10)9-7(5(2)3)8(11)12;1-4-6(8)7-5(2)3/h12-17H,9-11H2,1-8H3,(H,22,26)(H,23,25)(H,28,29);4-5,7H,1H2,2-3H3,(H,9,10)(H,11,12);4-5H,1H2,2-3H3,(H,7,8). The van der Waals surface area contributed by atoms with Crippen molar-refractivity contribution in [1.82, 2.24) is 26.2 Å². The second kappa shape index (κ2) is 25.7. The molecule has 0 aromatic rings. The van der Waals surface area contributed by atoms with Crippen molar-refractivity contribution in [3.8, 4) is 0 Å². The minimum atomic E-state index is -1.09. The Balaban J connectivity index is -0.000000859. The zero-order chi connectivity index (χ0) is 39.2. The van der Waals surface area contributed by atoms with E-state index in [2.05, 4.69) is 34.4 Å². The fourth-order valence-electron chi connectivity index (χ4n) is 4.28. The summed E-state index contributed by atoms with van der Waals surface area (Å²) in [5, 5.41) is 28.3. The van der Waals surface area contributed by atoms with Crippen molar-refractivity contribution in [2.75, 3.05) is 14.1 Å². The summed E-state index contributed by atoms with van der Waals surface area (Å²) in [7, 11) is 3.37. The molecule has 0 fully saturated rings. The molecule has 0 aliphatic carbocycles. The number of amides is 5. The highest BCUT2D eigenvalue weighted by Gasteiger charge is 2.32. The molecule has 0 rings (SSSR count). The maximum Gasteiger partial charge on any atom is 0.326 e. The molecule has 282 valence electrons. The Morgan fingerprint density at radius 3 is 1.33 bits per heavy atom. The molecule has 5 unspecified atom stereocenters. The van der Waals surface area contributed by atoms with Gasteiger partial charge in [-0.1, -0.05) is 54.7 Å². The van der Waals surface area contributed by atoms with E-state index in [9.17, 15) is 38.7 Å². The minimum Gasteiger partial charge on any atom is -0.480 e. The lowest BCUT2D eigenvalue weighted by molar-refractivity contribution is -0.144. The smallest absolute Gasteiger partial charge is 0.326 e. The molecule has 5 amide bonds. The lowest BCUT2D eigenvalue weighted by Crippen LogP contribution is -2.47. The normalized spacial score (nSPS) is 13.6. The van der Waals surface area contributed by atoms with E-state index < -0.39 is 47.7 Å². The number of hydrogen-bond donors (Lipinski definition) is 6. The van der Waals surface area contributed by atoms with Gasteiger partial charge >= 0.3 is 11.9 Å². The lowest BCUT2D eigenvalue weighted by Gasteiger charge is -2.27. The van der Waals surface area contributed by atoms with Gasteiger partial charge in [0.25, 0.3) is 0 Å². The monoisotopic (exact) mass is 697 g/mol. The van der Waals surface area contributed by atoms with E-state index in [0.29, 0.717) is 12.8 Å². The van der Waals surface area contributed by atoms with Crippen LogP contribution >= 0.6 is 0 Å². The Morgan fingerprint density at radius 1 is 0.612 bits per heavy atom. The van der Waals surface area contributed by atoms with Crippen LogP contribution in [0.15, 0.2) is 25.3 Å². The molecule has 0 saturated carbocycles. The van der Waals surface area contributed by atoms with Crippen LogP contribution in [-0.2, 0) is 33.6 Å². The van der Waals surface area contributed by atoms with Gasteiger partial charge in [-0.2, -0.15) is 0 Å². The van der Waals surface area contributed by atoms with Gasteiger partial charge in [0.2, 0.25) is 29.5 Å². The maximum absolute atomic E-state index is 12.7. The van der Waals surface area contributed by atoms with Crippen LogP contribution in [0.3, 0.4) is 0 Å². The molecular formula is C35H63N5O9. The van der Waals surface area contributed by atoms with Crippen molar-refractivity contribution < 1.29 is 43.8 Å². The first-order chi connectivity index (χ1) is 22.5. The Labute approximate surface area is 292 Å². The molecule has 14 heteroatoms. The zero-order valence-corrected chi connectivity index (χ0v) is 31.6. The molecule has 14 nitrogen and oxygen atoms in total. The third-order valence-electron chi connectivity index (χ3n) is 7.00. The molecule has 0 saturated heterocycles. The molecule has 49 heavy (non-hydrogen) atoms. The number of aliphatic carboxylic acids is 2. The summed E-state index contributed by atoms with van der Waals surface area (Å²) in [6.45, 7) is 24.5. The highest BCUT2D eigenvalue weighted by atomic mass is 16.4. The van der Waals surface area contributed by atoms with Crippen LogP contribution in [-0.4, -0.2) is 94.9 Å². The van der Waals surface area contributed by atoms with Crippen molar-refractivity contribution in [3.63, 3.8) is 0 Å². The van der Waals surface area contributed by atoms with Crippen molar-refractivity contribution >= 4 is 41.5 Å².